The number of nitrogens with zero attached hydrogens (tertiary/aromatic N) is 4. The Morgan fingerprint density at radius 2 is 1.47 bits per heavy atom. The number of methoxy groups -OCH3 is 3. The fourth-order valence-corrected chi connectivity index (χ4v) is 3.75. The van der Waals surface area contributed by atoms with Gasteiger partial charge in [0, 0.05) is 18.6 Å². The third-order valence-electron chi connectivity index (χ3n) is 5.91. The molecule has 0 bridgehead atoms. The van der Waals surface area contributed by atoms with Crippen molar-refractivity contribution in [1.82, 2.24) is 20.2 Å². The van der Waals surface area contributed by atoms with Crippen LogP contribution in [0.3, 0.4) is 0 Å². The van der Waals surface area contributed by atoms with Gasteiger partial charge in [-0.15, -0.1) is 10.2 Å². The number of aryl methyl sites for hydroxylation is 1. The first-order chi connectivity index (χ1) is 16.5. The van der Waals surface area contributed by atoms with Gasteiger partial charge in [0.15, 0.2) is 5.82 Å². The molecule has 0 aliphatic heterocycles. The van der Waals surface area contributed by atoms with Crippen molar-refractivity contribution in [2.45, 2.75) is 90.5 Å². The Morgan fingerprint density at radius 3 is 2.00 bits per heavy atom. The van der Waals surface area contributed by atoms with Gasteiger partial charge in [-0.1, -0.05) is 64.7 Å². The number of unbranched alkanes of at least 4 members (excludes halogenated alkanes) is 9. The molecule has 0 radical (unpaired) electrons. The molecule has 9 heteroatoms. The molecule has 1 amide bonds. The Balaban J connectivity index is 1.81. The zero-order chi connectivity index (χ0) is 24.8. The van der Waals surface area contributed by atoms with E-state index in [-0.39, 0.29) is 5.91 Å². The molecule has 2 rings (SSSR count). The molecular weight excluding hydrogens is 434 g/mol. The highest BCUT2D eigenvalue weighted by Gasteiger charge is 2.22. The molecule has 1 aromatic heterocycles. The summed E-state index contributed by atoms with van der Waals surface area (Å²) < 4.78 is 16.0. The molecule has 9 nitrogen and oxygen atoms in total. The van der Waals surface area contributed by atoms with Crippen LogP contribution in [-0.2, 0) is 11.2 Å². The van der Waals surface area contributed by atoms with Gasteiger partial charge in [-0.25, -0.2) is 0 Å². The normalized spacial score (nSPS) is 11.8. The number of hydrogen-bond donors (Lipinski definition) is 1. The van der Waals surface area contributed by atoms with Gasteiger partial charge in [-0.3, -0.25) is 4.79 Å². The fraction of sp³-hybridized carbons (Fsp3) is 0.680. The van der Waals surface area contributed by atoms with Gasteiger partial charge in [0.25, 0.3) is 5.91 Å². The molecular formula is C25H41N5O4. The minimum absolute atomic E-state index is 0.301. The summed E-state index contributed by atoms with van der Waals surface area (Å²) >= 11 is 0. The lowest BCUT2D eigenvalue weighted by atomic mass is 10.1. The van der Waals surface area contributed by atoms with Crippen LogP contribution in [0.15, 0.2) is 12.1 Å². The predicted octanol–water partition coefficient (Wildman–Crippen LogP) is 5.36. The van der Waals surface area contributed by atoms with Crippen LogP contribution in [0, 0.1) is 0 Å². The highest BCUT2D eigenvalue weighted by molar-refractivity contribution is 5.96. The second-order valence-electron chi connectivity index (χ2n) is 8.53. The molecule has 0 fully saturated rings. The minimum Gasteiger partial charge on any atom is -0.496 e. The van der Waals surface area contributed by atoms with Crippen molar-refractivity contribution >= 4 is 11.6 Å². The van der Waals surface area contributed by atoms with Crippen molar-refractivity contribution in [2.75, 3.05) is 26.6 Å². The van der Waals surface area contributed by atoms with Crippen LogP contribution in [0.1, 0.15) is 89.9 Å². The van der Waals surface area contributed by atoms with E-state index in [1.165, 1.54) is 70.4 Å². The molecule has 0 saturated carbocycles. The monoisotopic (exact) mass is 475 g/mol. The van der Waals surface area contributed by atoms with E-state index in [1.807, 2.05) is 0 Å². The first kappa shape index (κ1) is 27.4. The quantitative estimate of drug-likeness (QED) is 0.307. The molecule has 1 heterocycles. The van der Waals surface area contributed by atoms with Crippen LogP contribution in [0.2, 0.25) is 0 Å². The van der Waals surface area contributed by atoms with Crippen LogP contribution in [0.4, 0.5) is 5.69 Å². The number of anilines is 1. The number of amides is 1. The molecule has 0 saturated heterocycles. The number of ether oxygens (including phenoxy) is 3. The lowest BCUT2D eigenvalue weighted by Gasteiger charge is -2.17. The smallest absolute Gasteiger partial charge is 0.251 e. The lowest BCUT2D eigenvalue weighted by Crippen LogP contribution is -2.26. The number of carbonyl (C=O) groups is 1. The summed E-state index contributed by atoms with van der Waals surface area (Å²) in [5.41, 5.74) is 0.424. The topological polar surface area (TPSA) is 100 Å². The maximum Gasteiger partial charge on any atom is 0.251 e. The van der Waals surface area contributed by atoms with Gasteiger partial charge in [0.1, 0.15) is 29.0 Å². The zero-order valence-electron chi connectivity index (χ0n) is 21.4. The summed E-state index contributed by atoms with van der Waals surface area (Å²) in [6.07, 6.45) is 13.6. The summed E-state index contributed by atoms with van der Waals surface area (Å²) in [6.45, 7) is 3.98. The van der Waals surface area contributed by atoms with E-state index in [4.69, 9.17) is 14.2 Å². The number of aromatic nitrogens is 4. The highest BCUT2D eigenvalue weighted by atomic mass is 16.5. The Morgan fingerprint density at radius 1 is 0.912 bits per heavy atom. The highest BCUT2D eigenvalue weighted by Crippen LogP contribution is 2.39. The molecule has 1 N–H and O–H groups in total. The lowest BCUT2D eigenvalue weighted by molar-refractivity contribution is -0.119. The number of hydrogen-bond acceptors (Lipinski definition) is 7. The minimum atomic E-state index is -0.648. The van der Waals surface area contributed by atoms with Gasteiger partial charge in [-0.2, -0.15) is 4.80 Å². The van der Waals surface area contributed by atoms with Crippen molar-refractivity contribution in [2.24, 2.45) is 0 Å². The van der Waals surface area contributed by atoms with E-state index in [0.29, 0.717) is 28.8 Å². The molecule has 1 aromatic carbocycles. The summed E-state index contributed by atoms with van der Waals surface area (Å²) in [5.74, 6) is 1.80. The first-order valence-corrected chi connectivity index (χ1v) is 12.4. The second kappa shape index (κ2) is 15.1. The van der Waals surface area contributed by atoms with Crippen molar-refractivity contribution in [3.8, 4) is 17.2 Å². The van der Waals surface area contributed by atoms with Gasteiger partial charge in [0.05, 0.1) is 21.3 Å². The van der Waals surface area contributed by atoms with E-state index in [9.17, 15) is 4.79 Å². The van der Waals surface area contributed by atoms with Crippen molar-refractivity contribution in [3.05, 3.63) is 18.0 Å². The molecule has 1 unspecified atom stereocenters. The fourth-order valence-electron chi connectivity index (χ4n) is 3.75. The van der Waals surface area contributed by atoms with Gasteiger partial charge in [-0.05, 0) is 18.6 Å². The number of nitrogens with one attached hydrogen (secondary N) is 1. The number of tetrazole rings is 1. The third-order valence-corrected chi connectivity index (χ3v) is 5.91. The average molecular weight is 476 g/mol. The third kappa shape index (κ3) is 8.50. The maximum atomic E-state index is 12.9. The van der Waals surface area contributed by atoms with E-state index in [1.54, 1.807) is 26.2 Å². The van der Waals surface area contributed by atoms with Gasteiger partial charge in [0.2, 0.25) is 0 Å². The van der Waals surface area contributed by atoms with Crippen LogP contribution >= 0.6 is 0 Å². The Bertz CT molecular complexity index is 846. The van der Waals surface area contributed by atoms with Crippen LogP contribution in [0.5, 0.6) is 17.2 Å². The number of benzene rings is 1. The SMILES string of the molecule is CCCCCCCCCCCCc1nnn(C(C)C(=O)Nc2c(OC)cc(OC)cc2OC)n1. The molecule has 190 valence electrons. The Hall–Kier alpha value is -2.84. The van der Waals surface area contributed by atoms with Crippen molar-refractivity contribution in [1.29, 1.82) is 0 Å². The van der Waals surface area contributed by atoms with Crippen LogP contribution in [0.25, 0.3) is 0 Å². The largest absolute Gasteiger partial charge is 0.496 e. The number of rotatable bonds is 17. The molecule has 0 spiro atoms. The molecule has 0 aliphatic rings. The first-order valence-electron chi connectivity index (χ1n) is 12.4. The van der Waals surface area contributed by atoms with Gasteiger partial charge >= 0.3 is 0 Å². The zero-order valence-corrected chi connectivity index (χ0v) is 21.4. The average Bonchev–Trinajstić information content (AvgIpc) is 3.33. The predicted molar refractivity (Wildman–Crippen MR) is 133 cm³/mol. The van der Waals surface area contributed by atoms with E-state index >= 15 is 0 Å². The van der Waals surface area contributed by atoms with Crippen LogP contribution < -0.4 is 19.5 Å². The van der Waals surface area contributed by atoms with Crippen LogP contribution in [-0.4, -0.2) is 47.4 Å². The molecule has 2 aromatic rings. The standard InChI is InChI=1S/C25H41N5O4/c1-6-7-8-9-10-11-12-13-14-15-16-23-27-29-30(28-23)19(2)25(31)26-24-21(33-4)17-20(32-3)18-22(24)34-5/h17-19H,6-16H2,1-5H3,(H,26,31). The van der Waals surface area contributed by atoms with E-state index in [0.717, 1.165) is 19.3 Å². The van der Waals surface area contributed by atoms with Crippen molar-refractivity contribution in [3.63, 3.8) is 0 Å². The Labute approximate surface area is 203 Å². The van der Waals surface area contributed by atoms with E-state index in [2.05, 4.69) is 27.7 Å². The molecule has 34 heavy (non-hydrogen) atoms. The van der Waals surface area contributed by atoms with Crippen molar-refractivity contribution < 1.29 is 19.0 Å². The summed E-state index contributed by atoms with van der Waals surface area (Å²) in [5, 5.41) is 15.5. The summed E-state index contributed by atoms with van der Waals surface area (Å²) in [7, 11) is 4.59. The Kier molecular flexibility index (Phi) is 12.2. The van der Waals surface area contributed by atoms with Gasteiger partial charge < -0.3 is 19.5 Å². The molecule has 1 atom stereocenters. The van der Waals surface area contributed by atoms with E-state index < -0.39 is 6.04 Å². The number of carbonyl (C=O) groups excluding carboxylic acids is 1. The summed E-state index contributed by atoms with van der Waals surface area (Å²) in [6, 6.07) is 2.72. The molecule has 0 aliphatic carbocycles. The second-order valence-corrected chi connectivity index (χ2v) is 8.53. The summed E-state index contributed by atoms with van der Waals surface area (Å²) in [4.78, 5) is 14.2. The maximum absolute atomic E-state index is 12.9.